The summed E-state index contributed by atoms with van der Waals surface area (Å²) >= 11 is 0. The second-order valence-corrected chi connectivity index (χ2v) is 18.2. The second kappa shape index (κ2) is 7.73. The minimum absolute atomic E-state index is 0.237. The molecule has 0 saturated heterocycles. The van der Waals surface area contributed by atoms with Crippen LogP contribution in [0.25, 0.3) is 0 Å². The van der Waals surface area contributed by atoms with Gasteiger partial charge >= 0.3 is 0 Å². The van der Waals surface area contributed by atoms with Gasteiger partial charge < -0.3 is 15.6 Å². The first-order valence-corrected chi connectivity index (χ1v) is 14.6. The van der Waals surface area contributed by atoms with Crippen LogP contribution in [0, 0.1) is 10.8 Å². The summed E-state index contributed by atoms with van der Waals surface area (Å²) in [6.45, 7) is 20.0. The predicted octanol–water partition coefficient (Wildman–Crippen LogP) is 4.16. The molecule has 0 aliphatic carbocycles. The van der Waals surface area contributed by atoms with Crippen LogP contribution in [0.15, 0.2) is 0 Å². The first kappa shape index (κ1) is 21.3. The highest BCUT2D eigenvalue weighted by atomic mass is 28.4. The topological polar surface area (TPSA) is 61.3 Å². The third-order valence-corrected chi connectivity index (χ3v) is 11.8. The van der Waals surface area contributed by atoms with Gasteiger partial charge in [0, 0.05) is 0 Å². The Labute approximate surface area is 135 Å². The predicted molar refractivity (Wildman–Crippen MR) is 101 cm³/mol. The van der Waals surface area contributed by atoms with Crippen LogP contribution in [0.4, 0.5) is 0 Å². The molecule has 0 fully saturated rings. The molecule has 0 spiro atoms. The zero-order valence-corrected chi connectivity index (χ0v) is 17.8. The molecule has 0 aromatic carbocycles. The molecule has 0 saturated carbocycles. The molecule has 0 atom stereocenters. The summed E-state index contributed by atoms with van der Waals surface area (Å²) in [7, 11) is -3.19. The molecule has 0 radical (unpaired) electrons. The van der Waals surface area contributed by atoms with Crippen molar-refractivity contribution < 1.29 is 4.12 Å². The van der Waals surface area contributed by atoms with Crippen molar-refractivity contribution in [2.75, 3.05) is 13.1 Å². The Balaban J connectivity index is 4.47. The van der Waals surface area contributed by atoms with Gasteiger partial charge in [-0.1, -0.05) is 27.7 Å². The van der Waals surface area contributed by atoms with E-state index in [1.54, 1.807) is 0 Å². The molecule has 0 bridgehead atoms. The molecule has 0 aromatic rings. The number of rotatable bonds is 10. The van der Waals surface area contributed by atoms with Gasteiger partial charge in [0.05, 0.1) is 0 Å². The van der Waals surface area contributed by atoms with Crippen LogP contribution in [0.1, 0.15) is 40.5 Å². The smallest absolute Gasteiger partial charge is 0.173 e. The zero-order valence-electron chi connectivity index (χ0n) is 15.8. The van der Waals surface area contributed by atoms with Gasteiger partial charge in [-0.3, -0.25) is 0 Å². The van der Waals surface area contributed by atoms with Gasteiger partial charge in [0.25, 0.3) is 0 Å². The summed E-state index contributed by atoms with van der Waals surface area (Å²) in [4.78, 5) is 0. The Morgan fingerprint density at radius 3 is 1.24 bits per heavy atom. The monoisotopic (exact) mass is 332 g/mol. The Morgan fingerprint density at radius 2 is 1.00 bits per heavy atom. The van der Waals surface area contributed by atoms with Crippen LogP contribution in [0.3, 0.4) is 0 Å². The zero-order chi connectivity index (χ0) is 16.9. The van der Waals surface area contributed by atoms with Gasteiger partial charge in [-0.2, -0.15) is 0 Å². The van der Waals surface area contributed by atoms with Crippen LogP contribution in [-0.4, -0.2) is 29.7 Å². The molecule has 0 aliphatic rings. The van der Waals surface area contributed by atoms with E-state index in [1.165, 1.54) is 24.9 Å². The summed E-state index contributed by atoms with van der Waals surface area (Å²) in [6.07, 6.45) is 2.34. The number of nitrogens with two attached hydrogens (primary N) is 2. The van der Waals surface area contributed by atoms with E-state index in [0.717, 1.165) is 13.1 Å². The molecule has 5 heteroatoms. The highest BCUT2D eigenvalue weighted by molar-refractivity contribution is 6.84. The largest absolute Gasteiger partial charge is 0.455 e. The molecule has 3 nitrogen and oxygen atoms in total. The summed E-state index contributed by atoms with van der Waals surface area (Å²) in [6, 6.07) is 2.40. The van der Waals surface area contributed by atoms with E-state index in [4.69, 9.17) is 15.6 Å². The first-order chi connectivity index (χ1) is 9.24. The summed E-state index contributed by atoms with van der Waals surface area (Å²) < 4.78 is 6.70. The van der Waals surface area contributed by atoms with E-state index in [2.05, 4.69) is 53.9 Å². The fourth-order valence-electron chi connectivity index (χ4n) is 2.33. The standard InChI is InChI=1S/C16H40N2OSi2/c1-15(2,13-17)9-11-20(5,6)19-21(7,8)12-10-16(3,4)14-18/h9-14,17-18H2,1-8H3. The molecule has 128 valence electrons. The highest BCUT2D eigenvalue weighted by Gasteiger charge is 2.35. The van der Waals surface area contributed by atoms with Gasteiger partial charge in [-0.05, 0) is 75.0 Å². The minimum atomic E-state index is -1.60. The van der Waals surface area contributed by atoms with Crippen LogP contribution in [0.5, 0.6) is 0 Å². The molecule has 0 heterocycles. The van der Waals surface area contributed by atoms with Crippen molar-refractivity contribution in [3.63, 3.8) is 0 Å². The van der Waals surface area contributed by atoms with Crippen LogP contribution >= 0.6 is 0 Å². The third-order valence-electron chi connectivity index (χ3n) is 4.47. The lowest BCUT2D eigenvalue weighted by atomic mass is 9.91. The molecule has 0 amide bonds. The molecule has 0 aromatic heterocycles. The van der Waals surface area contributed by atoms with Gasteiger partial charge in [0.1, 0.15) is 0 Å². The Kier molecular flexibility index (Phi) is 7.84. The summed E-state index contributed by atoms with van der Waals surface area (Å²) in [5.74, 6) is 0. The highest BCUT2D eigenvalue weighted by Crippen LogP contribution is 2.31. The molecule has 0 rings (SSSR count). The van der Waals surface area contributed by atoms with E-state index in [0.29, 0.717) is 0 Å². The SMILES string of the molecule is CC(C)(CN)CC[Si](C)(C)O[Si](C)(C)CCC(C)(C)CN. The lowest BCUT2D eigenvalue weighted by Gasteiger charge is -2.37. The van der Waals surface area contributed by atoms with Crippen molar-refractivity contribution in [3.05, 3.63) is 0 Å². The number of hydrogen-bond acceptors (Lipinski definition) is 3. The molecule has 0 aliphatic heterocycles. The average molecular weight is 333 g/mol. The van der Waals surface area contributed by atoms with E-state index in [-0.39, 0.29) is 10.8 Å². The minimum Gasteiger partial charge on any atom is -0.455 e. The summed E-state index contributed by atoms with van der Waals surface area (Å²) in [5, 5.41) is 0. The molecule has 4 N–H and O–H groups in total. The van der Waals surface area contributed by atoms with Crippen molar-refractivity contribution >= 4 is 16.6 Å². The van der Waals surface area contributed by atoms with E-state index < -0.39 is 16.6 Å². The normalized spacial score (nSPS) is 14.6. The summed E-state index contributed by atoms with van der Waals surface area (Å²) in [5.41, 5.74) is 12.2. The third kappa shape index (κ3) is 9.84. The van der Waals surface area contributed by atoms with Crippen molar-refractivity contribution in [1.29, 1.82) is 0 Å². The fourth-order valence-corrected chi connectivity index (χ4v) is 11.7. The lowest BCUT2D eigenvalue weighted by Crippen LogP contribution is -2.45. The van der Waals surface area contributed by atoms with Crippen LogP contribution < -0.4 is 11.5 Å². The van der Waals surface area contributed by atoms with Crippen LogP contribution in [-0.2, 0) is 4.12 Å². The maximum absolute atomic E-state index is 6.70. The second-order valence-electron chi connectivity index (χ2n) is 9.36. The van der Waals surface area contributed by atoms with Crippen LogP contribution in [0.2, 0.25) is 38.3 Å². The Bertz CT molecular complexity index is 285. The molecular formula is C16H40N2OSi2. The van der Waals surface area contributed by atoms with Crippen molar-refractivity contribution in [1.82, 2.24) is 0 Å². The quantitative estimate of drug-likeness (QED) is 0.590. The molecule has 21 heavy (non-hydrogen) atoms. The fraction of sp³-hybridized carbons (Fsp3) is 1.00. The van der Waals surface area contributed by atoms with E-state index in [9.17, 15) is 0 Å². The first-order valence-electron chi connectivity index (χ1n) is 8.35. The van der Waals surface area contributed by atoms with Gasteiger partial charge in [-0.25, -0.2) is 0 Å². The number of hydrogen-bond donors (Lipinski definition) is 2. The Morgan fingerprint density at radius 1 is 0.714 bits per heavy atom. The van der Waals surface area contributed by atoms with E-state index in [1.807, 2.05) is 0 Å². The van der Waals surface area contributed by atoms with E-state index >= 15 is 0 Å². The molecule has 0 unspecified atom stereocenters. The van der Waals surface area contributed by atoms with Crippen molar-refractivity contribution in [2.45, 2.75) is 78.8 Å². The average Bonchev–Trinajstić information content (AvgIpc) is 2.34. The maximum atomic E-state index is 6.70. The van der Waals surface area contributed by atoms with Gasteiger partial charge in [0.15, 0.2) is 16.6 Å². The maximum Gasteiger partial charge on any atom is 0.173 e. The van der Waals surface area contributed by atoms with Gasteiger partial charge in [-0.15, -0.1) is 0 Å². The van der Waals surface area contributed by atoms with Gasteiger partial charge in [0.2, 0.25) is 0 Å². The van der Waals surface area contributed by atoms with Crippen molar-refractivity contribution in [3.8, 4) is 0 Å². The Hall–Kier alpha value is 0.314. The lowest BCUT2D eigenvalue weighted by molar-refractivity contribution is 0.349. The van der Waals surface area contributed by atoms with Crippen molar-refractivity contribution in [2.24, 2.45) is 22.3 Å². The molecular weight excluding hydrogens is 292 g/mol.